The summed E-state index contributed by atoms with van der Waals surface area (Å²) in [5, 5.41) is 16.2. The molecule has 172 valence electrons. The molecule has 1 amide bonds. The Kier molecular flexibility index (Phi) is 7.94. The SMILES string of the molecule is N#Cc1ccc(CON=C2CCCc3cc(OCC(=O)NCC4CCOCC4)ccc32)cc1. The Balaban J connectivity index is 1.28. The standard InChI is InChI=1S/C26H29N3O4/c27-15-19-4-6-21(7-5-19)17-33-29-25-3-1-2-22-14-23(8-9-24(22)25)32-18-26(30)28-16-20-10-12-31-13-11-20/h4-9,14,20H,1-3,10-13,16-18H2,(H,28,30). The van der Waals surface area contributed by atoms with Crippen molar-refractivity contribution in [2.45, 2.75) is 38.7 Å². The third-order valence-electron chi connectivity index (χ3n) is 6.04. The molecule has 0 bridgehead atoms. The van der Waals surface area contributed by atoms with Gasteiger partial charge in [-0.1, -0.05) is 17.3 Å². The molecule has 1 aliphatic carbocycles. The number of ether oxygens (including phenoxy) is 2. The Morgan fingerprint density at radius 1 is 1.15 bits per heavy atom. The van der Waals surface area contributed by atoms with Crippen LogP contribution in [0.25, 0.3) is 0 Å². The minimum absolute atomic E-state index is 0.0106. The number of hydrogen-bond donors (Lipinski definition) is 1. The van der Waals surface area contributed by atoms with Crippen LogP contribution in [-0.2, 0) is 27.4 Å². The zero-order valence-electron chi connectivity index (χ0n) is 18.7. The molecular formula is C26H29N3O4. The van der Waals surface area contributed by atoms with Crippen LogP contribution in [0, 0.1) is 17.2 Å². The summed E-state index contributed by atoms with van der Waals surface area (Å²) in [7, 11) is 0. The molecule has 0 spiro atoms. The second-order valence-electron chi connectivity index (χ2n) is 8.44. The fourth-order valence-corrected chi connectivity index (χ4v) is 4.09. The summed E-state index contributed by atoms with van der Waals surface area (Å²) in [5.41, 5.74) is 4.74. The quantitative estimate of drug-likeness (QED) is 0.623. The van der Waals surface area contributed by atoms with Crippen molar-refractivity contribution >= 4 is 11.6 Å². The minimum Gasteiger partial charge on any atom is -0.484 e. The van der Waals surface area contributed by atoms with Crippen molar-refractivity contribution in [3.63, 3.8) is 0 Å². The largest absolute Gasteiger partial charge is 0.484 e. The van der Waals surface area contributed by atoms with E-state index >= 15 is 0 Å². The van der Waals surface area contributed by atoms with E-state index in [9.17, 15) is 4.79 Å². The number of nitrogens with one attached hydrogen (secondary N) is 1. The first-order chi connectivity index (χ1) is 16.2. The van der Waals surface area contributed by atoms with Crippen molar-refractivity contribution < 1.29 is 19.1 Å². The fraction of sp³-hybridized carbons (Fsp3) is 0.423. The lowest BCUT2D eigenvalue weighted by atomic mass is 9.90. The van der Waals surface area contributed by atoms with Gasteiger partial charge in [-0.2, -0.15) is 5.26 Å². The maximum Gasteiger partial charge on any atom is 0.257 e. The summed E-state index contributed by atoms with van der Waals surface area (Å²) in [6, 6.07) is 15.3. The molecule has 1 saturated heterocycles. The van der Waals surface area contributed by atoms with E-state index in [1.54, 1.807) is 12.1 Å². The van der Waals surface area contributed by atoms with Gasteiger partial charge in [-0.25, -0.2) is 0 Å². The number of aryl methyl sites for hydroxylation is 1. The third-order valence-corrected chi connectivity index (χ3v) is 6.04. The van der Waals surface area contributed by atoms with E-state index in [-0.39, 0.29) is 12.5 Å². The molecule has 7 nitrogen and oxygen atoms in total. The van der Waals surface area contributed by atoms with Crippen LogP contribution in [-0.4, -0.2) is 38.0 Å². The second-order valence-corrected chi connectivity index (χ2v) is 8.44. The normalized spacial score (nSPS) is 17.1. The number of amides is 1. The maximum atomic E-state index is 12.2. The highest BCUT2D eigenvalue weighted by Crippen LogP contribution is 2.26. The van der Waals surface area contributed by atoms with Crippen LogP contribution in [0.4, 0.5) is 0 Å². The molecule has 2 aliphatic rings. The van der Waals surface area contributed by atoms with Crippen LogP contribution < -0.4 is 10.1 Å². The number of oxime groups is 1. The van der Waals surface area contributed by atoms with Gasteiger partial charge in [-0.15, -0.1) is 0 Å². The molecule has 0 saturated carbocycles. The lowest BCUT2D eigenvalue weighted by molar-refractivity contribution is -0.123. The van der Waals surface area contributed by atoms with E-state index in [1.165, 1.54) is 0 Å². The van der Waals surface area contributed by atoms with Crippen LogP contribution in [0.5, 0.6) is 5.75 Å². The zero-order chi connectivity index (χ0) is 22.9. The molecule has 0 aromatic heterocycles. The summed E-state index contributed by atoms with van der Waals surface area (Å²) in [4.78, 5) is 17.7. The summed E-state index contributed by atoms with van der Waals surface area (Å²) < 4.78 is 11.1. The van der Waals surface area contributed by atoms with Crippen LogP contribution in [0.2, 0.25) is 0 Å². The van der Waals surface area contributed by atoms with E-state index in [0.29, 0.717) is 30.4 Å². The van der Waals surface area contributed by atoms with Gasteiger partial charge in [0.1, 0.15) is 12.4 Å². The van der Waals surface area contributed by atoms with Gasteiger partial charge < -0.3 is 19.6 Å². The number of benzene rings is 2. The number of hydrogen-bond acceptors (Lipinski definition) is 6. The molecular weight excluding hydrogens is 418 g/mol. The van der Waals surface area contributed by atoms with Gasteiger partial charge in [-0.05, 0) is 79.5 Å². The van der Waals surface area contributed by atoms with E-state index < -0.39 is 0 Å². The molecule has 2 aromatic rings. The molecule has 0 unspecified atom stereocenters. The highest BCUT2D eigenvalue weighted by Gasteiger charge is 2.18. The number of carbonyl (C=O) groups excluding carboxylic acids is 1. The van der Waals surface area contributed by atoms with Crippen molar-refractivity contribution in [3.05, 3.63) is 64.7 Å². The van der Waals surface area contributed by atoms with Gasteiger partial charge in [0.25, 0.3) is 5.91 Å². The first-order valence-electron chi connectivity index (χ1n) is 11.5. The Hall–Kier alpha value is -3.37. The van der Waals surface area contributed by atoms with Gasteiger partial charge >= 0.3 is 0 Å². The summed E-state index contributed by atoms with van der Waals surface area (Å²) in [6.45, 7) is 2.60. The Morgan fingerprint density at radius 3 is 2.76 bits per heavy atom. The third kappa shape index (κ3) is 6.56. The van der Waals surface area contributed by atoms with E-state index in [2.05, 4.69) is 16.5 Å². The number of fused-ring (bicyclic) bond motifs is 1. The van der Waals surface area contributed by atoms with E-state index in [1.807, 2.05) is 30.3 Å². The van der Waals surface area contributed by atoms with Gasteiger partial charge in [0.15, 0.2) is 6.61 Å². The first kappa shape index (κ1) is 22.8. The maximum absolute atomic E-state index is 12.2. The van der Waals surface area contributed by atoms with Crippen molar-refractivity contribution in [2.75, 3.05) is 26.4 Å². The smallest absolute Gasteiger partial charge is 0.257 e. The topological polar surface area (TPSA) is 92.9 Å². The Morgan fingerprint density at radius 2 is 1.97 bits per heavy atom. The van der Waals surface area contributed by atoms with Gasteiger partial charge in [-0.3, -0.25) is 4.79 Å². The fourth-order valence-electron chi connectivity index (χ4n) is 4.09. The average molecular weight is 448 g/mol. The number of carbonyl (C=O) groups is 1. The molecule has 1 N–H and O–H groups in total. The summed E-state index contributed by atoms with van der Waals surface area (Å²) >= 11 is 0. The van der Waals surface area contributed by atoms with Crippen molar-refractivity contribution in [1.29, 1.82) is 5.26 Å². The highest BCUT2D eigenvalue weighted by molar-refractivity contribution is 6.02. The summed E-state index contributed by atoms with van der Waals surface area (Å²) in [6.07, 6.45) is 4.77. The molecule has 33 heavy (non-hydrogen) atoms. The molecule has 1 heterocycles. The van der Waals surface area contributed by atoms with Crippen LogP contribution >= 0.6 is 0 Å². The van der Waals surface area contributed by atoms with E-state index in [4.69, 9.17) is 19.6 Å². The second kappa shape index (κ2) is 11.5. The minimum atomic E-state index is -0.0994. The Labute approximate surface area is 194 Å². The molecule has 7 heteroatoms. The summed E-state index contributed by atoms with van der Waals surface area (Å²) in [5.74, 6) is 1.08. The molecule has 0 radical (unpaired) electrons. The van der Waals surface area contributed by atoms with Crippen LogP contribution in [0.3, 0.4) is 0 Å². The lowest BCUT2D eigenvalue weighted by Gasteiger charge is -2.22. The Bertz CT molecular complexity index is 1020. The zero-order valence-corrected chi connectivity index (χ0v) is 18.7. The average Bonchev–Trinajstić information content (AvgIpc) is 2.87. The van der Waals surface area contributed by atoms with Crippen LogP contribution in [0.15, 0.2) is 47.6 Å². The number of rotatable bonds is 8. The van der Waals surface area contributed by atoms with Gasteiger partial charge in [0.05, 0.1) is 17.3 Å². The number of nitriles is 1. The van der Waals surface area contributed by atoms with Crippen LogP contribution in [0.1, 0.15) is 47.9 Å². The first-order valence-corrected chi connectivity index (χ1v) is 11.5. The van der Waals surface area contributed by atoms with Gasteiger partial charge in [0, 0.05) is 25.3 Å². The molecule has 0 atom stereocenters. The molecule has 1 aliphatic heterocycles. The van der Waals surface area contributed by atoms with Crippen molar-refractivity contribution in [3.8, 4) is 11.8 Å². The van der Waals surface area contributed by atoms with Gasteiger partial charge in [0.2, 0.25) is 0 Å². The lowest BCUT2D eigenvalue weighted by Crippen LogP contribution is -2.35. The molecule has 2 aromatic carbocycles. The predicted molar refractivity (Wildman–Crippen MR) is 124 cm³/mol. The van der Waals surface area contributed by atoms with Crippen molar-refractivity contribution in [2.24, 2.45) is 11.1 Å². The predicted octanol–water partition coefficient (Wildman–Crippen LogP) is 3.74. The molecule has 4 rings (SSSR count). The highest BCUT2D eigenvalue weighted by atomic mass is 16.6. The van der Waals surface area contributed by atoms with Crippen molar-refractivity contribution in [1.82, 2.24) is 5.32 Å². The monoisotopic (exact) mass is 447 g/mol. The molecule has 1 fully saturated rings. The van der Waals surface area contributed by atoms with E-state index in [0.717, 1.165) is 67.7 Å². The number of nitrogens with zero attached hydrogens (tertiary/aromatic N) is 2.